The highest BCUT2D eigenvalue weighted by molar-refractivity contribution is 7.15. The zero-order valence-electron chi connectivity index (χ0n) is 13.4. The van der Waals surface area contributed by atoms with Gasteiger partial charge in [0.2, 0.25) is 0 Å². The number of ether oxygens (including phenoxy) is 1. The van der Waals surface area contributed by atoms with Gasteiger partial charge >= 0.3 is 6.09 Å². The van der Waals surface area contributed by atoms with Gasteiger partial charge in [0.15, 0.2) is 4.47 Å². The van der Waals surface area contributed by atoms with Crippen LogP contribution >= 0.6 is 22.9 Å². The number of hydrogen-bond donors (Lipinski definition) is 1. The molecule has 2 rings (SSSR count). The van der Waals surface area contributed by atoms with E-state index in [1.165, 1.54) is 11.3 Å². The molecule has 1 amide bonds. The van der Waals surface area contributed by atoms with E-state index in [2.05, 4.69) is 10.3 Å². The molecule has 1 aromatic heterocycles. The summed E-state index contributed by atoms with van der Waals surface area (Å²) in [4.78, 5) is 19.1. The molecule has 1 N–H and O–H groups in total. The lowest BCUT2D eigenvalue weighted by molar-refractivity contribution is 0.0166. The summed E-state index contributed by atoms with van der Waals surface area (Å²) in [6.45, 7) is 8.89. The van der Waals surface area contributed by atoms with Crippen molar-refractivity contribution in [3.05, 3.63) is 15.5 Å². The van der Waals surface area contributed by atoms with Crippen molar-refractivity contribution >= 4 is 29.0 Å². The van der Waals surface area contributed by atoms with E-state index in [0.29, 0.717) is 10.4 Å². The number of carbonyl (C=O) groups is 1. The molecule has 1 unspecified atom stereocenters. The third-order valence-corrected chi connectivity index (χ3v) is 4.54. The van der Waals surface area contributed by atoms with E-state index in [1.807, 2.05) is 25.7 Å². The second-order valence-corrected chi connectivity index (χ2v) is 8.34. The number of rotatable bonds is 4. The summed E-state index contributed by atoms with van der Waals surface area (Å²) in [5, 5.41) is 3.43. The predicted molar refractivity (Wildman–Crippen MR) is 89.4 cm³/mol. The molecule has 0 radical (unpaired) electrons. The number of nitrogens with one attached hydrogen (secondary N) is 1. The number of carbonyl (C=O) groups excluding carboxylic acids is 1. The normalized spacial score (nSPS) is 19.3. The molecule has 1 aromatic rings. The summed E-state index contributed by atoms with van der Waals surface area (Å²) < 4.78 is 6.02. The maximum atomic E-state index is 12.1. The van der Waals surface area contributed by atoms with Crippen molar-refractivity contribution in [1.82, 2.24) is 15.2 Å². The van der Waals surface area contributed by atoms with Crippen LogP contribution in [0.25, 0.3) is 0 Å². The Morgan fingerprint density at radius 3 is 3.00 bits per heavy atom. The van der Waals surface area contributed by atoms with E-state index in [4.69, 9.17) is 16.3 Å². The number of piperidine rings is 1. The van der Waals surface area contributed by atoms with Crippen molar-refractivity contribution < 1.29 is 9.53 Å². The smallest absolute Gasteiger partial charge is 0.410 e. The quantitative estimate of drug-likeness (QED) is 0.906. The van der Waals surface area contributed by atoms with Gasteiger partial charge in [0.1, 0.15) is 5.60 Å². The molecule has 7 heteroatoms. The molecule has 0 spiro atoms. The first-order chi connectivity index (χ1) is 10.3. The molecule has 1 aliphatic rings. The summed E-state index contributed by atoms with van der Waals surface area (Å²) in [6, 6.07) is 0. The van der Waals surface area contributed by atoms with Crippen LogP contribution in [0.3, 0.4) is 0 Å². The van der Waals surface area contributed by atoms with E-state index in [1.54, 1.807) is 6.20 Å². The minimum absolute atomic E-state index is 0.202. The number of amides is 1. The first-order valence-electron chi connectivity index (χ1n) is 7.62. The molecule has 1 fully saturated rings. The van der Waals surface area contributed by atoms with E-state index < -0.39 is 5.60 Å². The van der Waals surface area contributed by atoms with Crippen LogP contribution in [0.2, 0.25) is 4.47 Å². The lowest BCUT2D eigenvalue weighted by atomic mass is 9.98. The fourth-order valence-electron chi connectivity index (χ4n) is 2.49. The van der Waals surface area contributed by atoms with Crippen LogP contribution in [-0.2, 0) is 11.3 Å². The van der Waals surface area contributed by atoms with Crippen LogP contribution in [0.1, 0.15) is 38.5 Å². The maximum Gasteiger partial charge on any atom is 0.410 e. The number of thiazole rings is 1. The van der Waals surface area contributed by atoms with Gasteiger partial charge in [0, 0.05) is 30.7 Å². The Bertz CT molecular complexity index is 501. The number of hydrogen-bond acceptors (Lipinski definition) is 5. The molecule has 2 heterocycles. The Labute approximate surface area is 141 Å². The monoisotopic (exact) mass is 345 g/mol. The topological polar surface area (TPSA) is 54.5 Å². The molecule has 124 valence electrons. The van der Waals surface area contributed by atoms with Crippen LogP contribution in [-0.4, -0.2) is 41.2 Å². The maximum absolute atomic E-state index is 12.1. The lowest BCUT2D eigenvalue weighted by Crippen LogP contribution is -2.44. The first kappa shape index (κ1) is 17.5. The van der Waals surface area contributed by atoms with Gasteiger partial charge in [0.25, 0.3) is 0 Å². The Kier molecular flexibility index (Phi) is 6.06. The van der Waals surface area contributed by atoms with Crippen molar-refractivity contribution in [2.24, 2.45) is 5.92 Å². The molecule has 0 bridgehead atoms. The van der Waals surface area contributed by atoms with E-state index in [-0.39, 0.29) is 6.09 Å². The fraction of sp³-hybridized carbons (Fsp3) is 0.733. The largest absolute Gasteiger partial charge is 0.444 e. The fourth-order valence-corrected chi connectivity index (χ4v) is 3.44. The average molecular weight is 346 g/mol. The van der Waals surface area contributed by atoms with Crippen molar-refractivity contribution in [1.29, 1.82) is 0 Å². The van der Waals surface area contributed by atoms with Gasteiger partial charge in [-0.25, -0.2) is 9.78 Å². The lowest BCUT2D eigenvalue weighted by Gasteiger charge is -2.34. The van der Waals surface area contributed by atoms with Crippen molar-refractivity contribution in [2.45, 2.75) is 45.8 Å². The van der Waals surface area contributed by atoms with Crippen molar-refractivity contribution in [3.8, 4) is 0 Å². The molecular formula is C15H24ClN3O2S. The van der Waals surface area contributed by atoms with Crippen LogP contribution in [0.15, 0.2) is 6.20 Å². The summed E-state index contributed by atoms with van der Waals surface area (Å²) in [7, 11) is 0. The zero-order chi connectivity index (χ0) is 16.2. The predicted octanol–water partition coefficient (Wildman–Crippen LogP) is 3.53. The van der Waals surface area contributed by atoms with Gasteiger partial charge in [-0.3, -0.25) is 0 Å². The Morgan fingerprint density at radius 2 is 2.36 bits per heavy atom. The van der Waals surface area contributed by atoms with Crippen LogP contribution in [0, 0.1) is 5.92 Å². The third kappa shape index (κ3) is 5.74. The Hall–Kier alpha value is -0.850. The average Bonchev–Trinajstić information content (AvgIpc) is 2.83. The minimum atomic E-state index is -0.437. The molecule has 22 heavy (non-hydrogen) atoms. The highest BCUT2D eigenvalue weighted by atomic mass is 35.5. The number of halogens is 1. The molecular weight excluding hydrogens is 322 g/mol. The SMILES string of the molecule is CC(C)(C)OC(=O)N1CCCC(CNCc2cnc(Cl)s2)C1. The van der Waals surface area contributed by atoms with Gasteiger partial charge in [-0.05, 0) is 46.1 Å². The summed E-state index contributed by atoms with van der Waals surface area (Å²) in [5.74, 6) is 0.463. The summed E-state index contributed by atoms with van der Waals surface area (Å²) in [5.41, 5.74) is -0.437. The van der Waals surface area contributed by atoms with Gasteiger partial charge in [0.05, 0.1) is 0 Å². The molecule has 0 aliphatic carbocycles. The second kappa shape index (κ2) is 7.62. The summed E-state index contributed by atoms with van der Waals surface area (Å²) >= 11 is 7.31. The molecule has 1 aliphatic heterocycles. The Morgan fingerprint density at radius 1 is 1.59 bits per heavy atom. The Balaban J connectivity index is 1.74. The number of aromatic nitrogens is 1. The van der Waals surface area contributed by atoms with E-state index in [9.17, 15) is 4.79 Å². The molecule has 0 aromatic carbocycles. The highest BCUT2D eigenvalue weighted by Gasteiger charge is 2.27. The molecule has 1 saturated heterocycles. The van der Waals surface area contributed by atoms with Gasteiger partial charge in [-0.15, -0.1) is 11.3 Å². The molecule has 0 saturated carbocycles. The molecule has 1 atom stereocenters. The minimum Gasteiger partial charge on any atom is -0.444 e. The third-order valence-electron chi connectivity index (χ3n) is 3.43. The van der Waals surface area contributed by atoms with E-state index >= 15 is 0 Å². The van der Waals surface area contributed by atoms with Gasteiger partial charge in [-0.1, -0.05) is 11.6 Å². The second-order valence-electron chi connectivity index (χ2n) is 6.65. The number of nitrogens with zero attached hydrogens (tertiary/aromatic N) is 2. The van der Waals surface area contributed by atoms with Crippen LogP contribution < -0.4 is 5.32 Å². The number of likely N-dealkylation sites (tertiary alicyclic amines) is 1. The molecule has 5 nitrogen and oxygen atoms in total. The van der Waals surface area contributed by atoms with Crippen LogP contribution in [0.5, 0.6) is 0 Å². The van der Waals surface area contributed by atoms with Crippen LogP contribution in [0.4, 0.5) is 4.79 Å². The first-order valence-corrected chi connectivity index (χ1v) is 8.82. The zero-order valence-corrected chi connectivity index (χ0v) is 15.0. The summed E-state index contributed by atoms with van der Waals surface area (Å²) in [6.07, 6.45) is 3.76. The van der Waals surface area contributed by atoms with E-state index in [0.717, 1.165) is 43.9 Å². The standard InChI is InChI=1S/C15H24ClN3O2S/c1-15(2,3)21-14(20)19-6-4-5-11(10-19)7-17-8-12-9-18-13(16)22-12/h9,11,17H,4-8,10H2,1-3H3. The van der Waals surface area contributed by atoms with Crippen molar-refractivity contribution in [2.75, 3.05) is 19.6 Å². The highest BCUT2D eigenvalue weighted by Crippen LogP contribution is 2.20. The van der Waals surface area contributed by atoms with Crippen molar-refractivity contribution in [3.63, 3.8) is 0 Å². The van der Waals surface area contributed by atoms with Gasteiger partial charge < -0.3 is 15.0 Å². The van der Waals surface area contributed by atoms with Gasteiger partial charge in [-0.2, -0.15) is 0 Å².